The lowest BCUT2D eigenvalue weighted by Crippen LogP contribution is -2.18. The molecule has 0 atom stereocenters. The number of carbonyl (C=O) groups is 3. The summed E-state index contributed by atoms with van der Waals surface area (Å²) < 4.78 is 5.68. The van der Waals surface area contributed by atoms with E-state index in [1.54, 1.807) is 0 Å². The van der Waals surface area contributed by atoms with Gasteiger partial charge in [-0.3, -0.25) is 19.8 Å². The smallest absolute Gasteiger partial charge is 0.272 e. The molecule has 2 aliphatic rings. The minimum Gasteiger partial charge on any atom is -0.283 e. The van der Waals surface area contributed by atoms with Crippen LogP contribution in [0, 0.1) is 5.41 Å². The zero-order valence-electron chi connectivity index (χ0n) is 15.1. The van der Waals surface area contributed by atoms with Crippen molar-refractivity contribution in [3.05, 3.63) is 60.2 Å². The van der Waals surface area contributed by atoms with Crippen LogP contribution in [0.2, 0.25) is 0 Å². The van der Waals surface area contributed by atoms with Crippen molar-refractivity contribution in [2.45, 2.75) is 12.8 Å². The van der Waals surface area contributed by atoms with E-state index in [0.29, 0.717) is 67.5 Å². The minimum atomic E-state index is -0.460. The van der Waals surface area contributed by atoms with Crippen LogP contribution < -0.4 is 0 Å². The van der Waals surface area contributed by atoms with Crippen molar-refractivity contribution < 1.29 is 14.4 Å². The second-order valence-corrected chi connectivity index (χ2v) is 12.8. The molecule has 0 fully saturated rings. The van der Waals surface area contributed by atoms with Gasteiger partial charge >= 0.3 is 0 Å². The molecule has 166 valence electrons. The van der Waals surface area contributed by atoms with Crippen molar-refractivity contribution in [1.29, 1.82) is 5.41 Å². The lowest BCUT2D eigenvalue weighted by Gasteiger charge is -2.16. The molecule has 2 aliphatic heterocycles. The molecule has 14 heteroatoms. The zero-order chi connectivity index (χ0) is 23.8. The van der Waals surface area contributed by atoms with E-state index in [1.165, 1.54) is 0 Å². The number of hydrogen-bond donors (Lipinski definition) is 1. The van der Waals surface area contributed by atoms with Gasteiger partial charge in [0, 0.05) is 32.4 Å². The number of rotatable bonds is 3. The second-order valence-electron chi connectivity index (χ2n) is 6.67. The SMILES string of the molecule is N=C1c2c(Br)c(Br)c(Br)c(CCc3c(Br)c(Br)c(Br)c4c3C(=O)N(Br)C4=O)c2C(=O)N1Br. The molecule has 0 radical (unpaired) electrons. The largest absolute Gasteiger partial charge is 0.283 e. The van der Waals surface area contributed by atoms with Crippen molar-refractivity contribution >= 4 is 151 Å². The van der Waals surface area contributed by atoms with Gasteiger partial charge in [-0.15, -0.1) is 0 Å². The summed E-state index contributed by atoms with van der Waals surface area (Å²) >= 11 is 27.2. The highest BCUT2D eigenvalue weighted by Crippen LogP contribution is 2.46. The van der Waals surface area contributed by atoms with Crippen LogP contribution in [0.4, 0.5) is 0 Å². The highest BCUT2D eigenvalue weighted by atomic mass is 79.9. The summed E-state index contributed by atoms with van der Waals surface area (Å²) in [4.78, 5) is 38.3. The Morgan fingerprint density at radius 3 is 1.41 bits per heavy atom. The van der Waals surface area contributed by atoms with Crippen LogP contribution in [-0.4, -0.2) is 31.4 Å². The molecule has 0 bridgehead atoms. The van der Waals surface area contributed by atoms with Crippen molar-refractivity contribution in [3.8, 4) is 0 Å². The fraction of sp³-hybridized carbons (Fsp3) is 0.111. The average molecular weight is 950 g/mol. The quantitative estimate of drug-likeness (QED) is 0.192. The third-order valence-corrected chi connectivity index (χ3v) is 13.4. The van der Waals surface area contributed by atoms with Crippen molar-refractivity contribution in [1.82, 2.24) is 7.85 Å². The van der Waals surface area contributed by atoms with Gasteiger partial charge in [-0.05, 0) is 120 Å². The molecule has 0 aromatic heterocycles. The number of nitrogens with one attached hydrogen (secondary N) is 1. The fourth-order valence-electron chi connectivity index (χ4n) is 3.62. The molecule has 4 rings (SSSR count). The van der Waals surface area contributed by atoms with E-state index in [2.05, 4.69) is 128 Å². The Morgan fingerprint density at radius 1 is 0.531 bits per heavy atom. The molecule has 2 heterocycles. The van der Waals surface area contributed by atoms with Gasteiger partial charge in [0.25, 0.3) is 17.7 Å². The molecule has 0 saturated heterocycles. The van der Waals surface area contributed by atoms with E-state index in [-0.39, 0.29) is 17.3 Å². The summed E-state index contributed by atoms with van der Waals surface area (Å²) in [6, 6.07) is 0. The highest BCUT2D eigenvalue weighted by molar-refractivity contribution is 9.15. The maximum absolute atomic E-state index is 12.9. The monoisotopic (exact) mass is 942 g/mol. The van der Waals surface area contributed by atoms with Gasteiger partial charge in [0.2, 0.25) is 0 Å². The Kier molecular flexibility index (Phi) is 7.38. The summed E-state index contributed by atoms with van der Waals surface area (Å²) in [5, 5.41) is 8.31. The van der Waals surface area contributed by atoms with E-state index in [0.717, 1.165) is 7.85 Å². The highest BCUT2D eigenvalue weighted by Gasteiger charge is 2.41. The summed E-state index contributed by atoms with van der Waals surface area (Å²) in [7, 11) is 0. The molecular formula is C18H5Br8N3O3. The number of carbonyl (C=O) groups excluding carboxylic acids is 3. The van der Waals surface area contributed by atoms with Crippen molar-refractivity contribution in [2.75, 3.05) is 0 Å². The molecule has 0 aliphatic carbocycles. The molecule has 32 heavy (non-hydrogen) atoms. The topological polar surface area (TPSA) is 81.5 Å². The minimum absolute atomic E-state index is 0.0236. The molecule has 2 aromatic carbocycles. The molecule has 6 nitrogen and oxygen atoms in total. The predicted molar refractivity (Wildman–Crippen MR) is 148 cm³/mol. The Balaban J connectivity index is 1.88. The number of amides is 3. The van der Waals surface area contributed by atoms with Gasteiger partial charge < -0.3 is 0 Å². The fourth-order valence-corrected chi connectivity index (χ4v) is 8.08. The molecule has 1 N–H and O–H groups in total. The maximum atomic E-state index is 12.9. The van der Waals surface area contributed by atoms with Gasteiger partial charge in [-0.2, -0.15) is 0 Å². The Morgan fingerprint density at radius 2 is 0.906 bits per heavy atom. The normalized spacial score (nSPS) is 15.2. The summed E-state index contributed by atoms with van der Waals surface area (Å²) in [6.07, 6.45) is 0.703. The number of hydrogen-bond acceptors (Lipinski definition) is 4. The Labute approximate surface area is 249 Å². The molecular weight excluding hydrogens is 945 g/mol. The van der Waals surface area contributed by atoms with Crippen LogP contribution in [0.3, 0.4) is 0 Å². The number of benzene rings is 2. The van der Waals surface area contributed by atoms with Gasteiger partial charge in [-0.25, -0.2) is 7.85 Å². The van der Waals surface area contributed by atoms with Gasteiger partial charge in [0.1, 0.15) is 5.84 Å². The lowest BCUT2D eigenvalue weighted by atomic mass is 9.93. The zero-order valence-corrected chi connectivity index (χ0v) is 27.7. The summed E-state index contributed by atoms with van der Waals surface area (Å²) in [5.41, 5.74) is 2.73. The molecule has 0 unspecified atom stereocenters. The van der Waals surface area contributed by atoms with Crippen LogP contribution in [0.15, 0.2) is 26.8 Å². The summed E-state index contributed by atoms with van der Waals surface area (Å²) in [5.74, 6) is -1.25. The first kappa shape index (κ1) is 25.6. The van der Waals surface area contributed by atoms with E-state index in [4.69, 9.17) is 5.41 Å². The first-order valence-corrected chi connectivity index (χ1v) is 14.6. The van der Waals surface area contributed by atoms with Crippen LogP contribution in [0.5, 0.6) is 0 Å². The van der Waals surface area contributed by atoms with Crippen LogP contribution in [0.1, 0.15) is 47.8 Å². The van der Waals surface area contributed by atoms with Gasteiger partial charge in [-0.1, -0.05) is 0 Å². The van der Waals surface area contributed by atoms with E-state index >= 15 is 0 Å². The number of nitrogens with zero attached hydrogens (tertiary/aromatic N) is 2. The molecule has 3 amide bonds. The van der Waals surface area contributed by atoms with E-state index < -0.39 is 11.8 Å². The third kappa shape index (κ3) is 3.65. The standard InChI is InChI=1S/C18H5Br8N3O3/c19-9-3(5-7(11(21)13(9)23)15(27)28(25)16(5)30)1-2-4-6-8(12(22)14(24)10(4)20)18(32)29(26)17(6)31/h27H,1-2H2. The van der Waals surface area contributed by atoms with Gasteiger partial charge in [0.05, 0.1) is 49.0 Å². The van der Waals surface area contributed by atoms with Crippen LogP contribution >= 0.6 is 128 Å². The van der Waals surface area contributed by atoms with Crippen LogP contribution in [-0.2, 0) is 12.8 Å². The second kappa shape index (κ2) is 9.21. The Bertz CT molecular complexity index is 1210. The van der Waals surface area contributed by atoms with E-state index in [1.807, 2.05) is 0 Å². The lowest BCUT2D eigenvalue weighted by molar-refractivity contribution is 0.0783. The summed E-state index contributed by atoms with van der Waals surface area (Å²) in [6.45, 7) is 0. The van der Waals surface area contributed by atoms with Crippen molar-refractivity contribution in [2.24, 2.45) is 0 Å². The maximum Gasteiger partial charge on any atom is 0.272 e. The Hall–Kier alpha value is 0.560. The van der Waals surface area contributed by atoms with Crippen molar-refractivity contribution in [3.63, 3.8) is 0 Å². The first-order valence-electron chi connectivity index (χ1n) is 8.44. The average Bonchev–Trinajstić information content (AvgIpc) is 3.12. The third-order valence-electron chi connectivity index (χ3n) is 5.08. The number of fused-ring (bicyclic) bond motifs is 2. The molecule has 0 spiro atoms. The number of amidine groups is 1. The first-order chi connectivity index (χ1) is 14.9. The van der Waals surface area contributed by atoms with E-state index in [9.17, 15) is 14.4 Å². The van der Waals surface area contributed by atoms with Crippen LogP contribution in [0.25, 0.3) is 0 Å². The molecule has 2 aromatic rings. The number of imide groups is 1. The number of halogens is 8. The van der Waals surface area contributed by atoms with Gasteiger partial charge in [0.15, 0.2) is 0 Å². The molecule has 0 saturated carbocycles. The predicted octanol–water partition coefficient (Wildman–Crippen LogP) is 8.04.